The van der Waals surface area contributed by atoms with Crippen molar-refractivity contribution in [2.24, 2.45) is 0 Å². The van der Waals surface area contributed by atoms with Crippen LogP contribution in [0.3, 0.4) is 0 Å². The number of urea groups is 1. The summed E-state index contributed by atoms with van der Waals surface area (Å²) < 4.78 is 45.5. The number of carbonyl (C=O) groups is 2. The fraction of sp³-hybridized carbons (Fsp3) is 0.556. The summed E-state index contributed by atoms with van der Waals surface area (Å²) in [7, 11) is 0. The third-order valence-electron chi connectivity index (χ3n) is 4.14. The molecule has 1 saturated heterocycles. The molecule has 0 unspecified atom stereocenters. The number of anilines is 1. The lowest BCUT2D eigenvalue weighted by atomic mass is 10.1. The van der Waals surface area contributed by atoms with Crippen molar-refractivity contribution in [1.82, 2.24) is 9.80 Å². The van der Waals surface area contributed by atoms with Crippen LogP contribution < -0.4 is 5.32 Å². The molecule has 3 amide bonds. The second kappa shape index (κ2) is 8.59. The van der Waals surface area contributed by atoms with Crippen molar-refractivity contribution in [3.63, 3.8) is 0 Å². The molecule has 0 saturated carbocycles. The van der Waals surface area contributed by atoms with Crippen molar-refractivity contribution in [1.29, 1.82) is 0 Å². The molecule has 11 heteroatoms. The zero-order chi connectivity index (χ0) is 22.1. The highest BCUT2D eigenvalue weighted by Gasteiger charge is 2.37. The van der Waals surface area contributed by atoms with Crippen LogP contribution in [0.5, 0.6) is 0 Å². The van der Waals surface area contributed by atoms with E-state index in [4.69, 9.17) is 16.3 Å². The molecule has 1 aliphatic heterocycles. The van der Waals surface area contributed by atoms with E-state index >= 15 is 0 Å². The van der Waals surface area contributed by atoms with Crippen LogP contribution in [-0.4, -0.2) is 53.2 Å². The number of halogens is 5. The van der Waals surface area contributed by atoms with Gasteiger partial charge in [0.25, 0.3) is 0 Å². The molecule has 0 bridgehead atoms. The molecule has 6 nitrogen and oxygen atoms in total. The monoisotopic (exact) mass is 499 g/mol. The Labute approximate surface area is 180 Å². The zero-order valence-corrected chi connectivity index (χ0v) is 18.7. The third kappa shape index (κ3) is 6.15. The van der Waals surface area contributed by atoms with Crippen molar-refractivity contribution < 1.29 is 27.5 Å². The highest BCUT2D eigenvalue weighted by molar-refractivity contribution is 9.10. The highest BCUT2D eigenvalue weighted by atomic mass is 79.9. The number of ether oxygens (including phenoxy) is 1. The number of alkyl halides is 3. The second-order valence-corrected chi connectivity index (χ2v) is 9.03. The molecule has 1 aromatic carbocycles. The number of rotatable bonds is 1. The Morgan fingerprint density at radius 3 is 2.38 bits per heavy atom. The van der Waals surface area contributed by atoms with Gasteiger partial charge in [-0.1, -0.05) is 27.5 Å². The molecule has 2 rings (SSSR count). The number of amides is 3. The summed E-state index contributed by atoms with van der Waals surface area (Å²) in [6.45, 7) is 7.46. The molecule has 29 heavy (non-hydrogen) atoms. The number of carbonyl (C=O) groups excluding carboxylic acids is 2. The Balaban J connectivity index is 2.12. The standard InChI is InChI=1S/C18H22BrClF3N3O3/c1-10-9-25(5-6-26(10)16(28)29-17(2,3)4)15(27)24-14-12(18(21,22)23)7-11(19)8-13(14)20/h7-8,10H,5-6,9H2,1-4H3,(H,24,27)/t10-/m0/s1. The first kappa shape index (κ1) is 23.6. The number of piperazine rings is 1. The van der Waals surface area contributed by atoms with E-state index in [2.05, 4.69) is 21.2 Å². The Morgan fingerprint density at radius 1 is 1.24 bits per heavy atom. The summed E-state index contributed by atoms with van der Waals surface area (Å²) in [6, 6.07) is 1.03. The number of nitrogens with zero attached hydrogens (tertiary/aromatic N) is 2. The normalized spacial score (nSPS) is 17.9. The average molecular weight is 501 g/mol. The van der Waals surface area contributed by atoms with E-state index in [0.29, 0.717) is 0 Å². The fourth-order valence-electron chi connectivity index (χ4n) is 2.84. The topological polar surface area (TPSA) is 61.9 Å². The lowest BCUT2D eigenvalue weighted by Crippen LogP contribution is -2.57. The second-order valence-electron chi connectivity index (χ2n) is 7.71. The van der Waals surface area contributed by atoms with E-state index in [1.807, 2.05) is 0 Å². The van der Waals surface area contributed by atoms with Crippen molar-refractivity contribution >= 4 is 45.3 Å². The maximum Gasteiger partial charge on any atom is 0.418 e. The van der Waals surface area contributed by atoms with Gasteiger partial charge in [0.1, 0.15) is 5.60 Å². The minimum atomic E-state index is -4.70. The molecule has 0 aromatic heterocycles. The van der Waals surface area contributed by atoms with Crippen LogP contribution >= 0.6 is 27.5 Å². The number of hydrogen-bond donors (Lipinski definition) is 1. The molecule has 1 heterocycles. The van der Waals surface area contributed by atoms with Gasteiger partial charge in [-0.25, -0.2) is 9.59 Å². The minimum Gasteiger partial charge on any atom is -0.444 e. The van der Waals surface area contributed by atoms with Gasteiger partial charge in [0.15, 0.2) is 0 Å². The Bertz CT molecular complexity index is 799. The highest BCUT2D eigenvalue weighted by Crippen LogP contribution is 2.40. The van der Waals surface area contributed by atoms with Gasteiger partial charge in [-0.15, -0.1) is 0 Å². The maximum atomic E-state index is 13.3. The van der Waals surface area contributed by atoms with Gasteiger partial charge in [0.2, 0.25) is 0 Å². The van der Waals surface area contributed by atoms with Gasteiger partial charge in [-0.3, -0.25) is 0 Å². The van der Waals surface area contributed by atoms with E-state index in [-0.39, 0.29) is 35.2 Å². The third-order valence-corrected chi connectivity index (χ3v) is 4.89. The molecule has 1 fully saturated rings. The number of benzene rings is 1. The van der Waals surface area contributed by atoms with Crippen LogP contribution in [0.4, 0.5) is 28.4 Å². The summed E-state index contributed by atoms with van der Waals surface area (Å²) >= 11 is 8.92. The zero-order valence-electron chi connectivity index (χ0n) is 16.4. The molecule has 1 atom stereocenters. The van der Waals surface area contributed by atoms with Crippen LogP contribution in [0.2, 0.25) is 5.02 Å². The number of nitrogens with one attached hydrogen (secondary N) is 1. The van der Waals surface area contributed by atoms with Gasteiger partial charge >= 0.3 is 18.3 Å². The average Bonchev–Trinajstić information content (AvgIpc) is 2.54. The summed E-state index contributed by atoms with van der Waals surface area (Å²) in [5, 5.41) is 2.03. The first-order valence-corrected chi connectivity index (χ1v) is 9.98. The molecule has 1 aliphatic rings. The molecular formula is C18H22BrClF3N3O3. The predicted octanol–water partition coefficient (Wildman–Crippen LogP) is 5.59. The molecule has 1 N–H and O–H groups in total. The van der Waals surface area contributed by atoms with Crippen molar-refractivity contribution in [2.75, 3.05) is 25.0 Å². The van der Waals surface area contributed by atoms with Crippen LogP contribution in [0.25, 0.3) is 0 Å². The molecule has 162 valence electrons. The molecule has 0 aliphatic carbocycles. The van der Waals surface area contributed by atoms with Crippen molar-refractivity contribution in [3.8, 4) is 0 Å². The molecule has 0 spiro atoms. The smallest absolute Gasteiger partial charge is 0.418 e. The van der Waals surface area contributed by atoms with Gasteiger partial charge in [-0.2, -0.15) is 13.2 Å². The van der Waals surface area contributed by atoms with Crippen LogP contribution in [-0.2, 0) is 10.9 Å². The predicted molar refractivity (Wildman–Crippen MR) is 107 cm³/mol. The van der Waals surface area contributed by atoms with Gasteiger partial charge in [0.05, 0.1) is 16.3 Å². The minimum absolute atomic E-state index is 0.139. The number of hydrogen-bond acceptors (Lipinski definition) is 3. The Kier molecular flexibility index (Phi) is 6.99. The fourth-order valence-corrected chi connectivity index (χ4v) is 3.70. The van der Waals surface area contributed by atoms with E-state index in [1.165, 1.54) is 15.9 Å². The summed E-state index contributed by atoms with van der Waals surface area (Å²) in [4.78, 5) is 27.7. The SMILES string of the molecule is C[C@H]1CN(C(=O)Nc2c(Cl)cc(Br)cc2C(F)(F)F)CCN1C(=O)OC(C)(C)C. The molecule has 1 aromatic rings. The van der Waals surface area contributed by atoms with Crippen molar-refractivity contribution in [2.45, 2.75) is 45.5 Å². The first-order chi connectivity index (χ1) is 13.2. The van der Waals surface area contributed by atoms with Crippen molar-refractivity contribution in [3.05, 3.63) is 27.2 Å². The lowest BCUT2D eigenvalue weighted by Gasteiger charge is -2.40. The van der Waals surface area contributed by atoms with Gasteiger partial charge in [0, 0.05) is 30.1 Å². The molecular weight excluding hydrogens is 479 g/mol. The Morgan fingerprint density at radius 2 is 1.86 bits per heavy atom. The van der Waals surface area contributed by atoms with E-state index in [9.17, 15) is 22.8 Å². The quantitative estimate of drug-likeness (QED) is 0.546. The largest absolute Gasteiger partial charge is 0.444 e. The first-order valence-electron chi connectivity index (χ1n) is 8.81. The van der Waals surface area contributed by atoms with Gasteiger partial charge < -0.3 is 19.9 Å². The van der Waals surface area contributed by atoms with Crippen LogP contribution in [0.1, 0.15) is 33.3 Å². The molecule has 0 radical (unpaired) electrons. The van der Waals surface area contributed by atoms with E-state index in [1.54, 1.807) is 27.7 Å². The van der Waals surface area contributed by atoms with E-state index < -0.39 is 35.2 Å². The van der Waals surface area contributed by atoms with Gasteiger partial charge in [-0.05, 0) is 39.8 Å². The lowest BCUT2D eigenvalue weighted by molar-refractivity contribution is -0.137. The van der Waals surface area contributed by atoms with Crippen LogP contribution in [0, 0.1) is 0 Å². The van der Waals surface area contributed by atoms with Crippen LogP contribution in [0.15, 0.2) is 16.6 Å². The maximum absolute atomic E-state index is 13.3. The summed E-state index contributed by atoms with van der Waals surface area (Å²) in [5.41, 5.74) is -2.21. The van der Waals surface area contributed by atoms with E-state index in [0.717, 1.165) is 6.07 Å². The summed E-state index contributed by atoms with van der Waals surface area (Å²) in [6.07, 6.45) is -5.20. The summed E-state index contributed by atoms with van der Waals surface area (Å²) in [5.74, 6) is 0. The Hall–Kier alpha value is -1.68.